The third-order valence-corrected chi connectivity index (χ3v) is 17.2. The van der Waals surface area contributed by atoms with Crippen LogP contribution in [-0.4, -0.2) is 132 Å². The van der Waals surface area contributed by atoms with Crippen molar-refractivity contribution in [3.05, 3.63) is 166 Å². The Morgan fingerprint density at radius 2 is 0.806 bits per heavy atom. The Morgan fingerprint density at radius 3 is 1.07 bits per heavy atom. The Balaban J connectivity index is -0.0000000464. The molecular weight excluding hydrogens is 1310 g/mol. The first kappa shape index (κ1) is 148. The zero-order valence-electron chi connectivity index (χ0n) is 59.4. The maximum Gasteiger partial charge on any atom is 0.222 e. The Bertz CT molecular complexity index is 2320. The zero-order valence-corrected chi connectivity index (χ0v) is 60.9. The number of nitrogens with zero attached hydrogens (tertiary/aromatic N) is 7. The van der Waals surface area contributed by atoms with E-state index in [-0.39, 0.29) is 150 Å². The summed E-state index contributed by atoms with van der Waals surface area (Å²) in [7, 11) is 10.4. The highest BCUT2D eigenvalue weighted by Crippen LogP contribution is 2.27. The summed E-state index contributed by atoms with van der Waals surface area (Å²) in [5.41, 5.74) is 10.7. The number of benzene rings is 3. The molecule has 0 saturated carbocycles. The van der Waals surface area contributed by atoms with Gasteiger partial charge in [0.1, 0.15) is 0 Å². The van der Waals surface area contributed by atoms with Crippen LogP contribution in [0.3, 0.4) is 0 Å². The van der Waals surface area contributed by atoms with Gasteiger partial charge in [-0.1, -0.05) is 299 Å². The van der Waals surface area contributed by atoms with Crippen molar-refractivity contribution < 1.29 is 34.7 Å². The van der Waals surface area contributed by atoms with E-state index in [1.54, 1.807) is 0 Å². The normalized spacial score (nSPS) is 12.1. The summed E-state index contributed by atoms with van der Waals surface area (Å²) in [6, 6.07) is 40.6. The van der Waals surface area contributed by atoms with Crippen LogP contribution in [0.25, 0.3) is 0 Å². The summed E-state index contributed by atoms with van der Waals surface area (Å²) < 4.78 is 0. The number of halogens is 2. The van der Waals surface area contributed by atoms with Gasteiger partial charge < -0.3 is 49.5 Å². The molecule has 11 heteroatoms. The number of likely N-dealkylation sites (tertiary alicyclic amines) is 1. The molecule has 0 aliphatic carbocycles. The minimum Gasteiger partial charge on any atom is -1.00 e. The van der Waals surface area contributed by atoms with Gasteiger partial charge in [-0.2, -0.15) is 0 Å². The molecule has 1 fully saturated rings. The van der Waals surface area contributed by atoms with Crippen molar-refractivity contribution in [3.63, 3.8) is 0 Å². The van der Waals surface area contributed by atoms with Gasteiger partial charge in [0.2, 0.25) is 5.91 Å². The molecule has 624 valence electrons. The Labute approximate surface area is 667 Å². The van der Waals surface area contributed by atoms with Gasteiger partial charge in [0, 0.05) is 80.4 Å². The van der Waals surface area contributed by atoms with Crippen molar-refractivity contribution in [3.8, 4) is 0 Å². The molecule has 8 unspecified atom stereocenters. The number of amides is 1. The lowest BCUT2D eigenvalue weighted by molar-refractivity contribution is -0.129. The fourth-order valence-corrected chi connectivity index (χ4v) is 9.57. The summed E-state index contributed by atoms with van der Waals surface area (Å²) >= 11 is 0. The van der Waals surface area contributed by atoms with E-state index >= 15 is 0 Å². The van der Waals surface area contributed by atoms with Crippen LogP contribution in [-0.2, 0) is 17.9 Å². The summed E-state index contributed by atoms with van der Waals surface area (Å²) in [6.07, 6.45) is 14.8. The third-order valence-electron chi connectivity index (χ3n) is 17.2. The van der Waals surface area contributed by atoms with Gasteiger partial charge in [-0.3, -0.25) is 19.7 Å². The zero-order chi connectivity index (χ0) is 64.3. The summed E-state index contributed by atoms with van der Waals surface area (Å²) in [4.78, 5) is 31.5. The average molecular weight is 1500 g/mol. The number of likely N-dealkylation sites (N-methyl/N-ethyl adjacent to an activating group) is 1. The van der Waals surface area contributed by atoms with Crippen molar-refractivity contribution in [1.29, 1.82) is 0 Å². The standard InChI is InChI=1S/C15H22N2O.C14H23NO.C13H21N.C11H16.C9H13N.C8H19N.C6H15N.16CH4.2ClH/c1-3-13(14-7-4-5-9-16-14)11-12(2)17-10-6-8-15(17)18;1-4-12(2)14-7-5-13(6-8-14)11-15(3)9-10-16;1-5-11(2)13-8-6-12(7-9-13)10-14(3)4;1-4-10(3)11-7-5-9(2)6-8-11;1-3-8(2)9-6-4-5-7-10-9;1-5-8(4)9(6-2)7-3;1-5-6(2)7(3)4;;;;;;;;;;;;;;;;;;/h4-5,7,9,12-13H,3,6,8,10-11H2,1-2H3;5-8,12,16H,4,9-11H2,1-3H3;6-9,11H,5,10H2,1-4H3;5-8,10H,4H2,1-3H3;4-8H,3H2,1-2H3;8H,5-7H2,1-4H3;6H,5H2,1-4H3;16*1H4;2*1H/p-2. The highest BCUT2D eigenvalue weighted by molar-refractivity contribution is 5.78. The van der Waals surface area contributed by atoms with Crippen molar-refractivity contribution in [1.82, 2.24) is 34.5 Å². The van der Waals surface area contributed by atoms with E-state index in [0.717, 1.165) is 76.1 Å². The maximum atomic E-state index is 11.7. The molecule has 1 saturated heterocycles. The molecule has 9 nitrogen and oxygen atoms in total. The lowest BCUT2D eigenvalue weighted by Gasteiger charge is -2.27. The van der Waals surface area contributed by atoms with Crippen LogP contribution in [0.2, 0.25) is 0 Å². The van der Waals surface area contributed by atoms with Crippen molar-refractivity contribution >= 4 is 5.91 Å². The number of aliphatic hydroxyl groups is 1. The SMILES string of the molecule is C.C.C.C.C.C.C.C.C.C.C.C.C.C.C.C.CCC(C)N(C)C.CCC(C)N(CC)CC.CCC(C)c1ccc(C)cc1.CCC(C)c1ccc(CN(C)C)cc1.CCC(C)c1ccc(CN(C)CCO)cc1.CCC(C)c1ccccn1.CCC(CC(C)N1CCCC1=O)c1ccccn1.[Cl-].[Cl-]. The molecule has 8 atom stereocenters. The van der Waals surface area contributed by atoms with E-state index in [4.69, 9.17) is 5.11 Å². The van der Waals surface area contributed by atoms with Crippen LogP contribution < -0.4 is 24.8 Å². The number of carbonyl (C=O) groups excluding carboxylic acids is 1. The van der Waals surface area contributed by atoms with Gasteiger partial charge in [-0.05, 0) is 210 Å². The molecule has 3 aromatic carbocycles. The molecule has 0 radical (unpaired) electrons. The number of aliphatic hydroxyl groups excluding tert-OH is 1. The quantitative estimate of drug-likeness (QED) is 0.0619. The Hall–Kier alpha value is -4.19. The largest absolute Gasteiger partial charge is 1.00 e. The lowest BCUT2D eigenvalue weighted by atomic mass is 9.93. The second-order valence-corrected chi connectivity index (χ2v) is 24.4. The van der Waals surface area contributed by atoms with Gasteiger partial charge in [0.25, 0.3) is 0 Å². The van der Waals surface area contributed by atoms with E-state index in [1.807, 2.05) is 48.6 Å². The molecule has 1 amide bonds. The van der Waals surface area contributed by atoms with Gasteiger partial charge in [-0.15, -0.1) is 0 Å². The lowest BCUT2D eigenvalue weighted by Crippen LogP contribution is -3.00. The van der Waals surface area contributed by atoms with Crippen LogP contribution in [0.1, 0.15) is 368 Å². The first-order chi connectivity index (χ1) is 40.5. The number of aryl methyl sites for hydroxylation is 1. The number of carbonyl (C=O) groups is 1. The molecule has 0 bridgehead atoms. The van der Waals surface area contributed by atoms with Gasteiger partial charge in [0.05, 0.1) is 6.61 Å². The molecule has 1 aliphatic heterocycles. The first-order valence-corrected chi connectivity index (χ1v) is 33.2. The second kappa shape index (κ2) is 90.2. The predicted octanol–water partition coefficient (Wildman–Crippen LogP) is 22.6. The number of rotatable bonds is 25. The molecular formula is C92H193Cl2N7O2-2. The van der Waals surface area contributed by atoms with E-state index in [1.165, 1.54) is 84.3 Å². The van der Waals surface area contributed by atoms with E-state index in [2.05, 4.69) is 260 Å². The highest BCUT2D eigenvalue weighted by Gasteiger charge is 2.27. The summed E-state index contributed by atoms with van der Waals surface area (Å²) in [6.45, 7) is 43.9. The van der Waals surface area contributed by atoms with Crippen LogP contribution in [0.15, 0.2) is 122 Å². The molecule has 3 heterocycles. The van der Waals surface area contributed by atoms with Gasteiger partial charge in [-0.25, -0.2) is 0 Å². The number of hydrogen-bond donors (Lipinski definition) is 1. The summed E-state index contributed by atoms with van der Waals surface area (Å²) in [5, 5.41) is 8.82. The Kier molecular flexibility index (Phi) is 130. The summed E-state index contributed by atoms with van der Waals surface area (Å²) in [5.74, 6) is 3.40. The van der Waals surface area contributed by atoms with E-state index in [0.29, 0.717) is 41.5 Å². The maximum absolute atomic E-state index is 11.7. The number of hydrogen-bond acceptors (Lipinski definition) is 8. The van der Waals surface area contributed by atoms with Crippen LogP contribution in [0.5, 0.6) is 0 Å². The average Bonchev–Trinajstić information content (AvgIpc) is 1.82. The molecule has 2 aromatic heterocycles. The second-order valence-electron chi connectivity index (χ2n) is 24.4. The van der Waals surface area contributed by atoms with Crippen LogP contribution in [0.4, 0.5) is 0 Å². The van der Waals surface area contributed by atoms with Crippen molar-refractivity contribution in [2.45, 2.75) is 362 Å². The van der Waals surface area contributed by atoms with E-state index < -0.39 is 0 Å². The molecule has 1 aliphatic rings. The molecule has 6 rings (SSSR count). The van der Waals surface area contributed by atoms with Crippen molar-refractivity contribution in [2.75, 3.05) is 68.0 Å². The minimum absolute atomic E-state index is 0. The van der Waals surface area contributed by atoms with Crippen molar-refractivity contribution in [2.24, 2.45) is 0 Å². The topological polar surface area (TPSA) is 79.3 Å². The third kappa shape index (κ3) is 65.8. The van der Waals surface area contributed by atoms with E-state index in [9.17, 15) is 4.79 Å². The number of aromatic nitrogens is 2. The Morgan fingerprint density at radius 1 is 0.447 bits per heavy atom. The van der Waals surface area contributed by atoms with Crippen LogP contribution in [0, 0.1) is 6.92 Å². The molecule has 1 N–H and O–H groups in total. The molecule has 5 aromatic rings. The van der Waals surface area contributed by atoms with Gasteiger partial charge in [0.15, 0.2) is 0 Å². The minimum atomic E-state index is 0. The molecule has 103 heavy (non-hydrogen) atoms. The smallest absolute Gasteiger partial charge is 0.222 e. The van der Waals surface area contributed by atoms with Gasteiger partial charge >= 0.3 is 0 Å². The monoisotopic (exact) mass is 1500 g/mol. The number of pyridine rings is 2. The predicted molar refractivity (Wildman–Crippen MR) is 480 cm³/mol. The highest BCUT2D eigenvalue weighted by atomic mass is 35.5. The fourth-order valence-electron chi connectivity index (χ4n) is 9.57. The molecule has 0 spiro atoms. The fraction of sp³-hybridized carbons (Fsp3) is 0.685. The first-order valence-electron chi connectivity index (χ1n) is 33.2. The van der Waals surface area contributed by atoms with Crippen LogP contribution >= 0.6 is 0 Å².